The summed E-state index contributed by atoms with van der Waals surface area (Å²) in [5, 5.41) is 28.9. The maximum absolute atomic E-state index is 10.0. The summed E-state index contributed by atoms with van der Waals surface area (Å²) in [5.74, 6) is 0.301. The third kappa shape index (κ3) is 1.67. The lowest BCUT2D eigenvalue weighted by molar-refractivity contribution is -0.0366. The number of hydrogen-bond acceptors (Lipinski definition) is 9. The number of ether oxygens (including phenoxy) is 1. The summed E-state index contributed by atoms with van der Waals surface area (Å²) in [6.07, 6.45) is -1.99. The van der Waals surface area contributed by atoms with Gasteiger partial charge in [-0.25, -0.2) is 20.0 Å². The highest BCUT2D eigenvalue weighted by molar-refractivity contribution is 6.50. The maximum atomic E-state index is 10.0. The lowest BCUT2D eigenvalue weighted by Gasteiger charge is -2.33. The SMILES string of the molecule is NC1(C2O[C@H](CO)[C@@H](O)[C@H]2O)N=CN=C2N=CN=C21. The minimum atomic E-state index is -1.49. The Labute approximate surface area is 107 Å². The Hall–Kier alpha value is -1.52. The number of nitrogens with two attached hydrogens (primary N) is 1. The van der Waals surface area contributed by atoms with Gasteiger partial charge in [0, 0.05) is 0 Å². The summed E-state index contributed by atoms with van der Waals surface area (Å²) in [7, 11) is 0. The third-order valence-electron chi connectivity index (χ3n) is 3.39. The van der Waals surface area contributed by atoms with Crippen molar-refractivity contribution < 1.29 is 20.1 Å². The van der Waals surface area contributed by atoms with Gasteiger partial charge in [-0.3, -0.25) is 5.73 Å². The zero-order valence-electron chi connectivity index (χ0n) is 9.79. The second-order valence-corrected chi connectivity index (χ2v) is 4.50. The molecule has 1 fully saturated rings. The highest BCUT2D eigenvalue weighted by atomic mass is 16.6. The highest BCUT2D eigenvalue weighted by Gasteiger charge is 2.56. The van der Waals surface area contributed by atoms with Gasteiger partial charge in [0.25, 0.3) is 0 Å². The molecule has 19 heavy (non-hydrogen) atoms. The quantitative estimate of drug-likeness (QED) is 0.422. The molecule has 1 saturated heterocycles. The topological polar surface area (TPSA) is 145 Å². The number of nitrogens with zero attached hydrogens (tertiary/aromatic N) is 4. The Morgan fingerprint density at radius 2 is 2.05 bits per heavy atom. The zero-order chi connectivity index (χ0) is 13.6. The van der Waals surface area contributed by atoms with Crippen molar-refractivity contribution in [2.24, 2.45) is 25.7 Å². The molecule has 3 rings (SSSR count). The van der Waals surface area contributed by atoms with Crippen LogP contribution in [0.2, 0.25) is 0 Å². The second-order valence-electron chi connectivity index (χ2n) is 4.50. The number of hydrogen-bond donors (Lipinski definition) is 4. The van der Waals surface area contributed by atoms with Crippen molar-refractivity contribution in [1.82, 2.24) is 0 Å². The van der Waals surface area contributed by atoms with Crippen molar-refractivity contribution in [1.29, 1.82) is 0 Å². The minimum Gasteiger partial charge on any atom is -0.394 e. The molecule has 0 amide bonds. The molecule has 3 heterocycles. The fraction of sp³-hybridized carbons (Fsp3) is 0.600. The molecule has 9 nitrogen and oxygen atoms in total. The summed E-state index contributed by atoms with van der Waals surface area (Å²) in [6, 6.07) is 0. The fourth-order valence-electron chi connectivity index (χ4n) is 2.35. The number of fused-ring (bicyclic) bond motifs is 1. The Morgan fingerprint density at radius 1 is 1.26 bits per heavy atom. The van der Waals surface area contributed by atoms with Crippen molar-refractivity contribution in [2.45, 2.75) is 30.1 Å². The molecule has 0 bridgehead atoms. The first-order valence-corrected chi connectivity index (χ1v) is 5.72. The van der Waals surface area contributed by atoms with Gasteiger partial charge in [-0.1, -0.05) is 0 Å². The van der Waals surface area contributed by atoms with E-state index in [-0.39, 0.29) is 5.71 Å². The molecule has 0 aromatic carbocycles. The molecule has 3 aliphatic heterocycles. The third-order valence-corrected chi connectivity index (χ3v) is 3.39. The van der Waals surface area contributed by atoms with Gasteiger partial charge in [0.2, 0.25) is 0 Å². The van der Waals surface area contributed by atoms with E-state index in [1.165, 1.54) is 12.7 Å². The molecule has 102 valence electrons. The van der Waals surface area contributed by atoms with Gasteiger partial charge in [0.05, 0.1) is 6.61 Å². The van der Waals surface area contributed by atoms with Gasteiger partial charge in [-0.05, 0) is 0 Å². The molecule has 0 aromatic heterocycles. The second kappa shape index (κ2) is 4.25. The molecule has 2 unspecified atom stereocenters. The van der Waals surface area contributed by atoms with Gasteiger partial charge in [0.1, 0.15) is 42.8 Å². The summed E-state index contributed by atoms with van der Waals surface area (Å²) >= 11 is 0. The molecule has 0 spiro atoms. The predicted molar refractivity (Wildman–Crippen MR) is 66.5 cm³/mol. The van der Waals surface area contributed by atoms with Crippen LogP contribution in [0.15, 0.2) is 20.0 Å². The Balaban J connectivity index is 1.94. The number of amidine groups is 1. The largest absolute Gasteiger partial charge is 0.394 e. The van der Waals surface area contributed by atoms with Gasteiger partial charge >= 0.3 is 0 Å². The van der Waals surface area contributed by atoms with E-state index in [1.54, 1.807) is 0 Å². The van der Waals surface area contributed by atoms with E-state index in [2.05, 4.69) is 20.0 Å². The summed E-state index contributed by atoms with van der Waals surface area (Å²) < 4.78 is 5.41. The Bertz CT molecular complexity index is 516. The number of rotatable bonds is 2. The van der Waals surface area contributed by atoms with Gasteiger partial charge in [-0.15, -0.1) is 0 Å². The van der Waals surface area contributed by atoms with Crippen LogP contribution in [0, 0.1) is 0 Å². The number of aliphatic hydroxyl groups is 3. The van der Waals surface area contributed by atoms with E-state index in [9.17, 15) is 10.2 Å². The summed E-state index contributed by atoms with van der Waals surface area (Å²) in [6.45, 7) is -0.432. The molecule has 5 N–H and O–H groups in total. The van der Waals surface area contributed by atoms with Gasteiger partial charge in [-0.2, -0.15) is 0 Å². The first-order valence-electron chi connectivity index (χ1n) is 5.72. The standard InChI is InChI=1S/C10H13N5O4/c11-10(7-9(13-2-12-7)14-3-15-10)8-6(18)5(17)4(1-16)19-8/h2-6,8,16-18H,1,11H2/t4-,5-,6-,8?,10?/m1/s1. The molecule has 0 saturated carbocycles. The van der Waals surface area contributed by atoms with E-state index >= 15 is 0 Å². The van der Waals surface area contributed by atoms with Crippen LogP contribution in [0.4, 0.5) is 0 Å². The molecule has 0 aromatic rings. The monoisotopic (exact) mass is 267 g/mol. The molecular weight excluding hydrogens is 254 g/mol. The average Bonchev–Trinajstić information content (AvgIpc) is 2.98. The molecule has 0 aliphatic carbocycles. The maximum Gasteiger partial charge on any atom is 0.185 e. The van der Waals surface area contributed by atoms with Crippen molar-refractivity contribution in [2.75, 3.05) is 6.61 Å². The van der Waals surface area contributed by atoms with Crippen molar-refractivity contribution >= 4 is 24.2 Å². The van der Waals surface area contributed by atoms with E-state index in [0.29, 0.717) is 5.84 Å². The van der Waals surface area contributed by atoms with Gasteiger partial charge < -0.3 is 20.1 Å². The lowest BCUT2D eigenvalue weighted by Crippen LogP contribution is -2.62. The Kier molecular flexibility index (Phi) is 2.80. The molecule has 5 atom stereocenters. The highest BCUT2D eigenvalue weighted by Crippen LogP contribution is 2.31. The molecule has 3 aliphatic rings. The molecule has 9 heteroatoms. The summed E-state index contributed by atoms with van der Waals surface area (Å²) in [4.78, 5) is 15.8. The average molecular weight is 267 g/mol. The van der Waals surface area contributed by atoms with Crippen LogP contribution < -0.4 is 5.73 Å². The first kappa shape index (κ1) is 12.5. The van der Waals surface area contributed by atoms with Crippen molar-refractivity contribution in [3.05, 3.63) is 0 Å². The van der Waals surface area contributed by atoms with Crippen LogP contribution in [0.3, 0.4) is 0 Å². The summed E-state index contributed by atoms with van der Waals surface area (Å²) in [5.41, 5.74) is 4.93. The van der Waals surface area contributed by atoms with E-state index in [1.807, 2.05) is 0 Å². The lowest BCUT2D eigenvalue weighted by atomic mass is 9.92. The van der Waals surface area contributed by atoms with Crippen LogP contribution >= 0.6 is 0 Å². The van der Waals surface area contributed by atoms with Crippen molar-refractivity contribution in [3.63, 3.8) is 0 Å². The van der Waals surface area contributed by atoms with Crippen LogP contribution in [-0.2, 0) is 4.74 Å². The first-order chi connectivity index (χ1) is 9.08. The van der Waals surface area contributed by atoms with E-state index < -0.39 is 36.7 Å². The van der Waals surface area contributed by atoms with E-state index in [0.717, 1.165) is 0 Å². The number of aliphatic hydroxyl groups excluding tert-OH is 3. The smallest absolute Gasteiger partial charge is 0.185 e. The predicted octanol–water partition coefficient (Wildman–Crippen LogP) is -2.95. The van der Waals surface area contributed by atoms with Crippen LogP contribution in [-0.4, -0.2) is 76.2 Å². The normalized spacial score (nSPS) is 44.2. The van der Waals surface area contributed by atoms with Crippen LogP contribution in [0.1, 0.15) is 0 Å². The Morgan fingerprint density at radius 3 is 2.74 bits per heavy atom. The van der Waals surface area contributed by atoms with E-state index in [4.69, 9.17) is 15.6 Å². The fourth-order valence-corrected chi connectivity index (χ4v) is 2.35. The van der Waals surface area contributed by atoms with Gasteiger partial charge in [0.15, 0.2) is 11.5 Å². The molecular formula is C10H13N5O4. The van der Waals surface area contributed by atoms with Crippen molar-refractivity contribution in [3.8, 4) is 0 Å². The van der Waals surface area contributed by atoms with Crippen LogP contribution in [0.5, 0.6) is 0 Å². The number of aliphatic imine (C=N–C) groups is 4. The zero-order valence-corrected chi connectivity index (χ0v) is 9.79. The minimum absolute atomic E-state index is 0.268. The molecule has 0 radical (unpaired) electrons. The van der Waals surface area contributed by atoms with Crippen LogP contribution in [0.25, 0.3) is 0 Å².